The molecule has 1 amide bonds. The first-order valence-corrected chi connectivity index (χ1v) is 8.20. The molecule has 24 heavy (non-hydrogen) atoms. The lowest BCUT2D eigenvalue weighted by Crippen LogP contribution is -2.39. The zero-order valence-corrected chi connectivity index (χ0v) is 14.3. The minimum atomic E-state index is -0.709. The van der Waals surface area contributed by atoms with Gasteiger partial charge in [0.15, 0.2) is 0 Å². The molecule has 0 bridgehead atoms. The molecule has 3 atom stereocenters. The fourth-order valence-corrected chi connectivity index (χ4v) is 2.74. The largest absolute Gasteiger partial charge is 0.386 e. The van der Waals surface area contributed by atoms with Gasteiger partial charge in [-0.25, -0.2) is 0 Å². The highest BCUT2D eigenvalue weighted by Crippen LogP contribution is 2.24. The van der Waals surface area contributed by atoms with Crippen molar-refractivity contribution >= 4 is 5.91 Å². The second kappa shape index (κ2) is 8.46. The van der Waals surface area contributed by atoms with Crippen molar-refractivity contribution in [1.82, 2.24) is 4.90 Å². The van der Waals surface area contributed by atoms with Crippen LogP contribution in [-0.4, -0.2) is 29.0 Å². The van der Waals surface area contributed by atoms with E-state index in [0.29, 0.717) is 6.42 Å². The Morgan fingerprint density at radius 3 is 2.08 bits per heavy atom. The monoisotopic (exact) mass is 323 g/mol. The third-order valence-electron chi connectivity index (χ3n) is 4.51. The van der Waals surface area contributed by atoms with Gasteiger partial charge in [0.25, 0.3) is 0 Å². The maximum absolute atomic E-state index is 12.6. The lowest BCUT2D eigenvalue weighted by molar-refractivity contribution is -0.134. The molecule has 2 aromatic carbocycles. The minimum Gasteiger partial charge on any atom is -0.386 e. The molecular weight excluding hydrogens is 298 g/mol. The Balaban J connectivity index is 2.04. The van der Waals surface area contributed by atoms with Crippen molar-refractivity contribution in [3.05, 3.63) is 84.4 Å². The molecule has 0 aliphatic heterocycles. The molecule has 0 saturated carbocycles. The molecule has 1 N–H and O–H groups in total. The van der Waals surface area contributed by atoms with Crippen molar-refractivity contribution in [2.75, 3.05) is 7.05 Å². The van der Waals surface area contributed by atoms with Crippen LogP contribution in [-0.2, 0) is 4.79 Å². The maximum atomic E-state index is 12.6. The normalized spacial score (nSPS) is 14.5. The number of aliphatic hydroxyl groups is 1. The first-order chi connectivity index (χ1) is 11.5. The summed E-state index contributed by atoms with van der Waals surface area (Å²) in [6.45, 7) is 5.72. The average Bonchev–Trinajstić information content (AvgIpc) is 2.65. The highest BCUT2D eigenvalue weighted by atomic mass is 16.3. The molecule has 0 fully saturated rings. The van der Waals surface area contributed by atoms with Gasteiger partial charge in [0, 0.05) is 19.4 Å². The van der Waals surface area contributed by atoms with Gasteiger partial charge in [-0.1, -0.05) is 66.7 Å². The van der Waals surface area contributed by atoms with Crippen LogP contribution in [0, 0.1) is 0 Å². The quantitative estimate of drug-likeness (QED) is 0.784. The molecule has 0 aromatic heterocycles. The van der Waals surface area contributed by atoms with Crippen LogP contribution in [0.25, 0.3) is 0 Å². The molecule has 2 rings (SSSR count). The van der Waals surface area contributed by atoms with Gasteiger partial charge >= 0.3 is 0 Å². The second-order valence-electron chi connectivity index (χ2n) is 6.06. The lowest BCUT2D eigenvalue weighted by atomic mass is 9.94. The molecule has 0 aliphatic carbocycles. The summed E-state index contributed by atoms with van der Waals surface area (Å²) in [4.78, 5) is 14.3. The number of allylic oxidation sites excluding steroid dienone is 1. The first kappa shape index (κ1) is 18.0. The number of hydrogen-bond acceptors (Lipinski definition) is 2. The Bertz CT molecular complexity index is 654. The van der Waals surface area contributed by atoms with E-state index in [9.17, 15) is 9.90 Å². The van der Waals surface area contributed by atoms with Crippen LogP contribution >= 0.6 is 0 Å². The van der Waals surface area contributed by atoms with Crippen LogP contribution in [0.2, 0.25) is 0 Å². The lowest BCUT2D eigenvalue weighted by Gasteiger charge is -2.30. The van der Waals surface area contributed by atoms with E-state index in [0.717, 1.165) is 11.1 Å². The maximum Gasteiger partial charge on any atom is 0.223 e. The topological polar surface area (TPSA) is 40.5 Å². The van der Waals surface area contributed by atoms with Gasteiger partial charge in [-0.2, -0.15) is 0 Å². The van der Waals surface area contributed by atoms with E-state index in [1.807, 2.05) is 67.6 Å². The Kier molecular flexibility index (Phi) is 6.33. The number of benzene rings is 2. The van der Waals surface area contributed by atoms with E-state index in [4.69, 9.17) is 0 Å². The second-order valence-corrected chi connectivity index (χ2v) is 6.06. The standard InChI is InChI=1S/C21H25NO2/c1-4-17(18-11-7-5-8-12-18)15-20(23)22(3)16(2)21(24)19-13-9-6-10-14-19/h4-14,16-17,21,24H,1,15H2,2-3H3/t16-,17?,21+/m0/s1. The summed E-state index contributed by atoms with van der Waals surface area (Å²) in [6.07, 6.45) is 1.44. The SMILES string of the molecule is C=CC(CC(=O)N(C)[C@@H](C)[C@@H](O)c1ccccc1)c1ccccc1. The average molecular weight is 323 g/mol. The van der Waals surface area contributed by atoms with Crippen LogP contribution in [0.5, 0.6) is 0 Å². The van der Waals surface area contributed by atoms with E-state index < -0.39 is 6.10 Å². The summed E-state index contributed by atoms with van der Waals surface area (Å²) in [6, 6.07) is 19.0. The number of hydrogen-bond donors (Lipinski definition) is 1. The molecule has 0 spiro atoms. The van der Waals surface area contributed by atoms with Crippen molar-refractivity contribution in [3.8, 4) is 0 Å². The van der Waals surface area contributed by atoms with Crippen molar-refractivity contribution in [3.63, 3.8) is 0 Å². The van der Waals surface area contributed by atoms with E-state index in [2.05, 4.69) is 6.58 Å². The number of nitrogens with zero attached hydrogens (tertiary/aromatic N) is 1. The summed E-state index contributed by atoms with van der Waals surface area (Å²) in [5.41, 5.74) is 1.89. The molecule has 3 heteroatoms. The Morgan fingerprint density at radius 1 is 1.08 bits per heavy atom. The molecule has 0 saturated heterocycles. The van der Waals surface area contributed by atoms with Crippen LogP contribution in [0.1, 0.15) is 36.5 Å². The van der Waals surface area contributed by atoms with Crippen molar-refractivity contribution in [2.45, 2.75) is 31.4 Å². The van der Waals surface area contributed by atoms with E-state index in [1.54, 1.807) is 18.0 Å². The number of carbonyl (C=O) groups is 1. The number of amides is 1. The smallest absolute Gasteiger partial charge is 0.223 e. The van der Waals surface area contributed by atoms with Gasteiger partial charge in [-0.05, 0) is 18.1 Å². The molecule has 0 aliphatic rings. The summed E-state index contributed by atoms with van der Waals surface area (Å²) < 4.78 is 0. The summed E-state index contributed by atoms with van der Waals surface area (Å²) in [7, 11) is 1.74. The van der Waals surface area contributed by atoms with E-state index in [1.165, 1.54) is 0 Å². The molecule has 0 radical (unpaired) electrons. The van der Waals surface area contributed by atoms with Crippen LogP contribution in [0.3, 0.4) is 0 Å². The fraction of sp³-hybridized carbons (Fsp3) is 0.286. The van der Waals surface area contributed by atoms with Gasteiger partial charge in [-0.3, -0.25) is 4.79 Å². The molecule has 2 aromatic rings. The van der Waals surface area contributed by atoms with Gasteiger partial charge < -0.3 is 10.0 Å². The Labute approximate surface area is 144 Å². The Hall–Kier alpha value is -2.39. The zero-order valence-electron chi connectivity index (χ0n) is 14.3. The van der Waals surface area contributed by atoms with Crippen LogP contribution in [0.15, 0.2) is 73.3 Å². The van der Waals surface area contributed by atoms with Crippen molar-refractivity contribution in [2.24, 2.45) is 0 Å². The number of rotatable bonds is 7. The summed E-state index contributed by atoms with van der Waals surface area (Å²) in [5, 5.41) is 10.5. The summed E-state index contributed by atoms with van der Waals surface area (Å²) >= 11 is 0. The highest BCUT2D eigenvalue weighted by Gasteiger charge is 2.25. The molecule has 0 heterocycles. The Morgan fingerprint density at radius 2 is 1.58 bits per heavy atom. The molecule has 126 valence electrons. The van der Waals surface area contributed by atoms with Crippen molar-refractivity contribution < 1.29 is 9.90 Å². The predicted molar refractivity (Wildman–Crippen MR) is 97.6 cm³/mol. The van der Waals surface area contributed by atoms with Crippen molar-refractivity contribution in [1.29, 1.82) is 0 Å². The van der Waals surface area contributed by atoms with Crippen LogP contribution < -0.4 is 0 Å². The molecular formula is C21H25NO2. The van der Waals surface area contributed by atoms with Crippen LogP contribution in [0.4, 0.5) is 0 Å². The number of aliphatic hydroxyl groups excluding tert-OH is 1. The molecule has 1 unspecified atom stereocenters. The fourth-order valence-electron chi connectivity index (χ4n) is 2.74. The summed E-state index contributed by atoms with van der Waals surface area (Å²) in [5.74, 6) is -0.0338. The first-order valence-electron chi connectivity index (χ1n) is 8.20. The predicted octanol–water partition coefficient (Wildman–Crippen LogP) is 3.93. The highest BCUT2D eigenvalue weighted by molar-refractivity contribution is 5.77. The third-order valence-corrected chi connectivity index (χ3v) is 4.51. The number of carbonyl (C=O) groups excluding carboxylic acids is 1. The minimum absolute atomic E-state index is 0.00812. The van der Waals surface area contributed by atoms with Gasteiger partial charge in [0.05, 0.1) is 12.1 Å². The van der Waals surface area contributed by atoms with Gasteiger partial charge in [0.2, 0.25) is 5.91 Å². The van der Waals surface area contributed by atoms with E-state index >= 15 is 0 Å². The van der Waals surface area contributed by atoms with Gasteiger partial charge in [0.1, 0.15) is 0 Å². The van der Waals surface area contributed by atoms with Gasteiger partial charge in [-0.15, -0.1) is 6.58 Å². The van der Waals surface area contributed by atoms with E-state index in [-0.39, 0.29) is 17.9 Å². The third kappa shape index (κ3) is 4.33. The number of likely N-dealkylation sites (N-methyl/N-ethyl adjacent to an activating group) is 1. The zero-order chi connectivity index (χ0) is 17.5. The molecule has 3 nitrogen and oxygen atoms in total.